The van der Waals surface area contributed by atoms with E-state index in [1.165, 1.54) is 0 Å². The highest BCUT2D eigenvalue weighted by molar-refractivity contribution is 7.80. The van der Waals surface area contributed by atoms with Crippen molar-refractivity contribution in [2.45, 2.75) is 32.2 Å². The summed E-state index contributed by atoms with van der Waals surface area (Å²) in [6.07, 6.45) is 2.39. The maximum absolute atomic E-state index is 11.9. The van der Waals surface area contributed by atoms with E-state index in [9.17, 15) is 4.79 Å². The van der Waals surface area contributed by atoms with Gasteiger partial charge in [0.15, 0.2) is 0 Å². The number of nitrogens with two attached hydrogens (primary N) is 1. The summed E-state index contributed by atoms with van der Waals surface area (Å²) in [7, 11) is 1.62. The van der Waals surface area contributed by atoms with Crippen molar-refractivity contribution >= 4 is 23.1 Å². The normalized spacial score (nSPS) is 19.3. The van der Waals surface area contributed by atoms with E-state index in [0.717, 1.165) is 19.3 Å². The summed E-state index contributed by atoms with van der Waals surface area (Å²) in [6.45, 7) is 2.53. The van der Waals surface area contributed by atoms with Gasteiger partial charge in [-0.05, 0) is 19.3 Å². The van der Waals surface area contributed by atoms with Crippen LogP contribution in [0, 0.1) is 5.41 Å². The van der Waals surface area contributed by atoms with E-state index in [2.05, 4.69) is 5.32 Å². The molecule has 0 bridgehead atoms. The lowest BCUT2D eigenvalue weighted by Crippen LogP contribution is -2.45. The van der Waals surface area contributed by atoms with Gasteiger partial charge in [0.25, 0.3) is 0 Å². The maximum atomic E-state index is 11.9. The van der Waals surface area contributed by atoms with Crippen molar-refractivity contribution in [2.75, 3.05) is 13.7 Å². The molecular formula is C10H18N2O2S. The van der Waals surface area contributed by atoms with Crippen molar-refractivity contribution in [2.24, 2.45) is 11.1 Å². The first-order valence-electron chi connectivity index (χ1n) is 5.16. The molecule has 15 heavy (non-hydrogen) atoms. The van der Waals surface area contributed by atoms with Gasteiger partial charge in [-0.15, -0.1) is 0 Å². The SMILES string of the molecule is CCC(COC)NC(=O)C1(C(N)=S)CC1. The fourth-order valence-corrected chi connectivity index (χ4v) is 1.79. The average molecular weight is 230 g/mol. The van der Waals surface area contributed by atoms with Crippen LogP contribution in [-0.4, -0.2) is 30.7 Å². The Morgan fingerprint density at radius 3 is 2.60 bits per heavy atom. The third-order valence-electron chi connectivity index (χ3n) is 2.85. The molecule has 86 valence electrons. The second-order valence-electron chi connectivity index (χ2n) is 3.98. The van der Waals surface area contributed by atoms with Crippen LogP contribution in [0.25, 0.3) is 0 Å². The van der Waals surface area contributed by atoms with E-state index in [0.29, 0.717) is 11.6 Å². The van der Waals surface area contributed by atoms with Gasteiger partial charge in [-0.2, -0.15) is 0 Å². The molecule has 1 aliphatic carbocycles. The third kappa shape index (κ3) is 2.66. The van der Waals surface area contributed by atoms with Crippen molar-refractivity contribution in [3.8, 4) is 0 Å². The lowest BCUT2D eigenvalue weighted by Gasteiger charge is -2.20. The molecule has 1 saturated carbocycles. The van der Waals surface area contributed by atoms with Gasteiger partial charge in [-0.3, -0.25) is 4.79 Å². The smallest absolute Gasteiger partial charge is 0.233 e. The number of rotatable bonds is 6. The zero-order chi connectivity index (χ0) is 11.5. The van der Waals surface area contributed by atoms with Crippen LogP contribution in [0.15, 0.2) is 0 Å². The van der Waals surface area contributed by atoms with Crippen LogP contribution >= 0.6 is 12.2 Å². The molecule has 1 unspecified atom stereocenters. The zero-order valence-corrected chi connectivity index (χ0v) is 10.0. The van der Waals surface area contributed by atoms with Gasteiger partial charge >= 0.3 is 0 Å². The van der Waals surface area contributed by atoms with Crippen LogP contribution in [-0.2, 0) is 9.53 Å². The Morgan fingerprint density at radius 1 is 1.67 bits per heavy atom. The quantitative estimate of drug-likeness (QED) is 0.656. The monoisotopic (exact) mass is 230 g/mol. The number of carbonyl (C=O) groups excluding carboxylic acids is 1. The molecule has 3 N–H and O–H groups in total. The minimum Gasteiger partial charge on any atom is -0.392 e. The number of amides is 1. The predicted octanol–water partition coefficient (Wildman–Crippen LogP) is 0.594. The molecule has 0 aromatic carbocycles. The van der Waals surface area contributed by atoms with E-state index in [1.54, 1.807) is 7.11 Å². The molecule has 0 radical (unpaired) electrons. The first-order valence-corrected chi connectivity index (χ1v) is 5.57. The molecule has 0 heterocycles. The molecule has 1 rings (SSSR count). The van der Waals surface area contributed by atoms with Gasteiger partial charge in [0.1, 0.15) is 0 Å². The van der Waals surface area contributed by atoms with Gasteiger partial charge in [-0.25, -0.2) is 0 Å². The van der Waals surface area contributed by atoms with Crippen LogP contribution in [0.1, 0.15) is 26.2 Å². The van der Waals surface area contributed by atoms with Crippen LogP contribution in [0.2, 0.25) is 0 Å². The number of methoxy groups -OCH3 is 1. The van der Waals surface area contributed by atoms with Crippen molar-refractivity contribution in [3.05, 3.63) is 0 Å². The Hall–Kier alpha value is -0.680. The number of hydrogen-bond acceptors (Lipinski definition) is 3. The van der Waals surface area contributed by atoms with Crippen molar-refractivity contribution in [1.29, 1.82) is 0 Å². The average Bonchev–Trinajstić information content (AvgIpc) is 2.97. The molecule has 0 spiro atoms. The Balaban J connectivity index is 2.51. The Bertz CT molecular complexity index is 264. The number of nitrogens with one attached hydrogen (secondary N) is 1. The highest BCUT2D eigenvalue weighted by atomic mass is 32.1. The second kappa shape index (κ2) is 4.90. The highest BCUT2D eigenvalue weighted by Crippen LogP contribution is 2.46. The molecule has 1 fully saturated rings. The lowest BCUT2D eigenvalue weighted by molar-refractivity contribution is -0.125. The number of thiocarbonyl (C=S) groups is 1. The van der Waals surface area contributed by atoms with Crippen LogP contribution in [0.4, 0.5) is 0 Å². The summed E-state index contributed by atoms with van der Waals surface area (Å²) in [6, 6.07) is 0.0503. The van der Waals surface area contributed by atoms with Crippen LogP contribution in [0.5, 0.6) is 0 Å². The second-order valence-corrected chi connectivity index (χ2v) is 4.42. The summed E-state index contributed by atoms with van der Waals surface area (Å²) in [5.74, 6) is -0.0427. The Labute approximate surface area is 95.5 Å². The van der Waals surface area contributed by atoms with E-state index in [1.807, 2.05) is 6.92 Å². The number of carbonyl (C=O) groups is 1. The van der Waals surface area contributed by atoms with Gasteiger partial charge in [0.05, 0.1) is 23.1 Å². The predicted molar refractivity (Wildman–Crippen MR) is 62.6 cm³/mol. The van der Waals surface area contributed by atoms with Crippen molar-refractivity contribution in [1.82, 2.24) is 5.32 Å². The molecule has 4 nitrogen and oxygen atoms in total. The van der Waals surface area contributed by atoms with Gasteiger partial charge in [0.2, 0.25) is 5.91 Å². The molecule has 1 atom stereocenters. The van der Waals surface area contributed by atoms with E-state index in [-0.39, 0.29) is 11.9 Å². The summed E-state index contributed by atoms with van der Waals surface area (Å²) >= 11 is 4.91. The first-order chi connectivity index (χ1) is 7.06. The molecule has 0 aromatic rings. The van der Waals surface area contributed by atoms with E-state index < -0.39 is 5.41 Å². The minimum atomic E-state index is -0.559. The van der Waals surface area contributed by atoms with Gasteiger partial charge in [0, 0.05) is 7.11 Å². The third-order valence-corrected chi connectivity index (χ3v) is 3.24. The highest BCUT2D eigenvalue weighted by Gasteiger charge is 2.52. The van der Waals surface area contributed by atoms with Gasteiger partial charge < -0.3 is 15.8 Å². The topological polar surface area (TPSA) is 64.3 Å². The van der Waals surface area contributed by atoms with E-state index >= 15 is 0 Å². The van der Waals surface area contributed by atoms with Crippen LogP contribution < -0.4 is 11.1 Å². The first kappa shape index (κ1) is 12.4. The summed E-state index contributed by atoms with van der Waals surface area (Å²) in [5.41, 5.74) is 5.01. The maximum Gasteiger partial charge on any atom is 0.233 e. The van der Waals surface area contributed by atoms with Crippen LogP contribution in [0.3, 0.4) is 0 Å². The van der Waals surface area contributed by atoms with E-state index in [4.69, 9.17) is 22.7 Å². The van der Waals surface area contributed by atoms with Crippen molar-refractivity contribution < 1.29 is 9.53 Å². The molecule has 1 amide bonds. The fraction of sp³-hybridized carbons (Fsp3) is 0.800. The number of ether oxygens (including phenoxy) is 1. The molecule has 0 aliphatic heterocycles. The Kier molecular flexibility index (Phi) is 4.04. The fourth-order valence-electron chi connectivity index (χ4n) is 1.50. The molecule has 0 saturated heterocycles. The molecule has 1 aliphatic rings. The molecule has 0 aromatic heterocycles. The van der Waals surface area contributed by atoms with Crippen molar-refractivity contribution in [3.63, 3.8) is 0 Å². The summed E-state index contributed by atoms with van der Waals surface area (Å²) in [4.78, 5) is 12.2. The Morgan fingerprint density at radius 2 is 2.27 bits per heavy atom. The molecular weight excluding hydrogens is 212 g/mol. The van der Waals surface area contributed by atoms with Gasteiger partial charge in [-0.1, -0.05) is 19.1 Å². The molecule has 5 heteroatoms. The minimum absolute atomic E-state index is 0.0427. The lowest BCUT2D eigenvalue weighted by atomic mass is 10.1. The standard InChI is InChI=1S/C10H18N2O2S/c1-3-7(6-14-2)12-9(13)10(4-5-10)8(11)15/h7H,3-6H2,1-2H3,(H2,11,15)(H,12,13). The summed E-state index contributed by atoms with van der Waals surface area (Å²) < 4.78 is 5.01. The summed E-state index contributed by atoms with van der Waals surface area (Å²) in [5, 5.41) is 2.92. The number of hydrogen-bond donors (Lipinski definition) is 2. The zero-order valence-electron chi connectivity index (χ0n) is 9.21. The largest absolute Gasteiger partial charge is 0.392 e.